The van der Waals surface area contributed by atoms with E-state index in [2.05, 4.69) is 4.98 Å². The molecule has 0 aliphatic carbocycles. The van der Waals surface area contributed by atoms with Gasteiger partial charge in [0, 0.05) is 17.8 Å². The molecule has 1 aliphatic rings. The molecule has 0 spiro atoms. The summed E-state index contributed by atoms with van der Waals surface area (Å²) in [7, 11) is 0. The fourth-order valence-corrected chi connectivity index (χ4v) is 4.06. The third-order valence-electron chi connectivity index (χ3n) is 5.49. The van der Waals surface area contributed by atoms with Crippen molar-refractivity contribution in [3.05, 3.63) is 99.5 Å². The number of nitrogen functional groups attached to an aromatic ring is 1. The number of fused-ring (bicyclic) bond motifs is 2. The predicted octanol–water partition coefficient (Wildman–Crippen LogP) is 3.64. The van der Waals surface area contributed by atoms with E-state index in [0.717, 1.165) is 27.9 Å². The highest BCUT2D eigenvalue weighted by atomic mass is 16.4. The first-order valence-corrected chi connectivity index (χ1v) is 9.45. The van der Waals surface area contributed by atoms with Crippen LogP contribution in [0.5, 0.6) is 0 Å². The zero-order valence-corrected chi connectivity index (χ0v) is 15.6. The number of benzene rings is 3. The summed E-state index contributed by atoms with van der Waals surface area (Å²) in [5.41, 5.74) is 11.7. The molecule has 2 heterocycles. The van der Waals surface area contributed by atoms with Crippen LogP contribution in [-0.4, -0.2) is 15.8 Å². The molecule has 3 aromatic carbocycles. The Labute approximate surface area is 166 Å². The lowest BCUT2D eigenvalue weighted by molar-refractivity contribution is 0.0709. The lowest BCUT2D eigenvalue weighted by Crippen LogP contribution is -2.29. The van der Waals surface area contributed by atoms with Crippen molar-refractivity contribution in [2.24, 2.45) is 0 Å². The lowest BCUT2D eigenvalue weighted by atomic mass is 9.97. The van der Waals surface area contributed by atoms with Gasteiger partial charge in [-0.3, -0.25) is 9.78 Å². The SMILES string of the molecule is Nc1ccccc1CC1c2ccccc2C(=O)N1Cc1ccc2[nH]c(=O)oc2c1. The first kappa shape index (κ1) is 17.3. The van der Waals surface area contributed by atoms with Crippen molar-refractivity contribution in [3.63, 3.8) is 0 Å². The number of carbonyl (C=O) groups is 1. The summed E-state index contributed by atoms with van der Waals surface area (Å²) in [5, 5.41) is 0. The van der Waals surface area contributed by atoms with Gasteiger partial charge in [-0.05, 0) is 47.4 Å². The molecule has 1 unspecified atom stereocenters. The topological polar surface area (TPSA) is 92.3 Å². The maximum atomic E-state index is 13.2. The van der Waals surface area contributed by atoms with E-state index in [1.807, 2.05) is 59.5 Å². The third-order valence-corrected chi connectivity index (χ3v) is 5.49. The first-order chi connectivity index (χ1) is 14.1. The lowest BCUT2D eigenvalue weighted by Gasteiger charge is -2.26. The molecule has 0 saturated carbocycles. The Hall–Kier alpha value is -3.80. The number of anilines is 1. The highest BCUT2D eigenvalue weighted by Crippen LogP contribution is 2.38. The average molecular weight is 385 g/mol. The highest BCUT2D eigenvalue weighted by molar-refractivity contribution is 5.99. The quantitative estimate of drug-likeness (QED) is 0.525. The highest BCUT2D eigenvalue weighted by Gasteiger charge is 2.36. The van der Waals surface area contributed by atoms with Crippen LogP contribution >= 0.6 is 0 Å². The number of amides is 1. The van der Waals surface area contributed by atoms with E-state index >= 15 is 0 Å². The summed E-state index contributed by atoms with van der Waals surface area (Å²) in [6.45, 7) is 0.412. The standard InChI is InChI=1S/C23H19N3O3/c24-18-8-4-1-5-15(18)12-20-16-6-2-3-7-17(16)22(27)26(20)13-14-9-10-19-21(11-14)29-23(28)25-19/h1-11,20H,12-13,24H2,(H,25,28). The molecule has 0 saturated heterocycles. The molecular formula is C23H19N3O3. The molecule has 0 fully saturated rings. The van der Waals surface area contributed by atoms with Crippen LogP contribution in [0.2, 0.25) is 0 Å². The summed E-state index contributed by atoms with van der Waals surface area (Å²) < 4.78 is 5.17. The molecule has 1 amide bonds. The maximum absolute atomic E-state index is 13.2. The fraction of sp³-hybridized carbons (Fsp3) is 0.130. The van der Waals surface area contributed by atoms with E-state index in [1.165, 1.54) is 0 Å². The largest absolute Gasteiger partial charge is 0.417 e. The molecule has 29 heavy (non-hydrogen) atoms. The molecule has 5 rings (SSSR count). The van der Waals surface area contributed by atoms with Crippen LogP contribution in [0.1, 0.15) is 33.1 Å². The van der Waals surface area contributed by atoms with Gasteiger partial charge in [-0.2, -0.15) is 0 Å². The zero-order chi connectivity index (χ0) is 20.0. The van der Waals surface area contributed by atoms with Gasteiger partial charge in [0.15, 0.2) is 5.58 Å². The summed E-state index contributed by atoms with van der Waals surface area (Å²) >= 11 is 0. The van der Waals surface area contributed by atoms with Gasteiger partial charge in [0.1, 0.15) is 0 Å². The van der Waals surface area contributed by atoms with Gasteiger partial charge >= 0.3 is 5.76 Å². The molecule has 3 N–H and O–H groups in total. The van der Waals surface area contributed by atoms with Gasteiger partial charge in [0.25, 0.3) is 5.91 Å². The summed E-state index contributed by atoms with van der Waals surface area (Å²) in [6.07, 6.45) is 0.636. The Morgan fingerprint density at radius 1 is 1.00 bits per heavy atom. The minimum Gasteiger partial charge on any atom is -0.408 e. The molecule has 6 nitrogen and oxygen atoms in total. The summed E-state index contributed by atoms with van der Waals surface area (Å²) in [5.74, 6) is -0.491. The minimum absolute atomic E-state index is 0.00396. The van der Waals surface area contributed by atoms with Gasteiger partial charge in [-0.1, -0.05) is 42.5 Å². The summed E-state index contributed by atoms with van der Waals surface area (Å²) in [4.78, 5) is 29.1. The van der Waals surface area contributed by atoms with E-state index in [1.54, 1.807) is 12.1 Å². The van der Waals surface area contributed by atoms with Crippen LogP contribution in [0.3, 0.4) is 0 Å². The molecule has 6 heteroatoms. The molecule has 1 aromatic heterocycles. The number of nitrogens with zero attached hydrogens (tertiary/aromatic N) is 1. The van der Waals surface area contributed by atoms with Crippen LogP contribution in [0.15, 0.2) is 75.9 Å². The number of oxazole rings is 1. The average Bonchev–Trinajstić information content (AvgIpc) is 3.21. The van der Waals surface area contributed by atoms with Gasteiger partial charge in [0.2, 0.25) is 0 Å². The molecule has 144 valence electrons. The summed E-state index contributed by atoms with van der Waals surface area (Å²) in [6, 6.07) is 20.8. The van der Waals surface area contributed by atoms with Crippen molar-refractivity contribution in [2.75, 3.05) is 5.73 Å². The van der Waals surface area contributed by atoms with E-state index < -0.39 is 5.76 Å². The number of rotatable bonds is 4. The van der Waals surface area contributed by atoms with E-state index in [0.29, 0.717) is 24.1 Å². The van der Waals surface area contributed by atoms with Crippen molar-refractivity contribution in [1.29, 1.82) is 0 Å². The van der Waals surface area contributed by atoms with Crippen molar-refractivity contribution < 1.29 is 9.21 Å². The minimum atomic E-state index is -0.487. The molecule has 1 aliphatic heterocycles. The van der Waals surface area contributed by atoms with E-state index in [9.17, 15) is 9.59 Å². The van der Waals surface area contributed by atoms with Crippen LogP contribution < -0.4 is 11.5 Å². The monoisotopic (exact) mass is 385 g/mol. The smallest absolute Gasteiger partial charge is 0.408 e. The number of nitrogens with one attached hydrogen (secondary N) is 1. The number of hydrogen-bond donors (Lipinski definition) is 2. The number of para-hydroxylation sites is 1. The Morgan fingerprint density at radius 3 is 2.66 bits per heavy atom. The Bertz CT molecular complexity index is 1290. The van der Waals surface area contributed by atoms with Crippen LogP contribution in [-0.2, 0) is 13.0 Å². The number of H-pyrrole nitrogens is 1. The van der Waals surface area contributed by atoms with Crippen molar-refractivity contribution in [3.8, 4) is 0 Å². The Morgan fingerprint density at radius 2 is 1.79 bits per heavy atom. The molecule has 0 radical (unpaired) electrons. The number of nitrogens with two attached hydrogens (primary N) is 1. The second kappa shape index (κ2) is 6.67. The number of hydrogen-bond acceptors (Lipinski definition) is 4. The normalized spacial score (nSPS) is 15.8. The molecule has 0 bridgehead atoms. The van der Waals surface area contributed by atoms with E-state index in [-0.39, 0.29) is 11.9 Å². The first-order valence-electron chi connectivity index (χ1n) is 9.45. The van der Waals surface area contributed by atoms with E-state index in [4.69, 9.17) is 10.2 Å². The van der Waals surface area contributed by atoms with Crippen LogP contribution in [0.4, 0.5) is 5.69 Å². The number of aromatic nitrogens is 1. The molecule has 1 atom stereocenters. The Kier molecular flexibility index (Phi) is 3.98. The van der Waals surface area contributed by atoms with Crippen molar-refractivity contribution >= 4 is 22.7 Å². The molecular weight excluding hydrogens is 366 g/mol. The molecule has 4 aromatic rings. The van der Waals surface area contributed by atoms with Crippen LogP contribution in [0, 0.1) is 0 Å². The van der Waals surface area contributed by atoms with Gasteiger partial charge in [-0.15, -0.1) is 0 Å². The number of aromatic amines is 1. The fourth-order valence-electron chi connectivity index (χ4n) is 4.06. The second-order valence-corrected chi connectivity index (χ2v) is 7.28. The van der Waals surface area contributed by atoms with Gasteiger partial charge in [-0.25, -0.2) is 4.79 Å². The van der Waals surface area contributed by atoms with Crippen molar-refractivity contribution in [2.45, 2.75) is 19.0 Å². The zero-order valence-electron chi connectivity index (χ0n) is 15.6. The number of carbonyl (C=O) groups excluding carboxylic acids is 1. The van der Waals surface area contributed by atoms with Crippen LogP contribution in [0.25, 0.3) is 11.1 Å². The predicted molar refractivity (Wildman–Crippen MR) is 110 cm³/mol. The second-order valence-electron chi connectivity index (χ2n) is 7.28. The van der Waals surface area contributed by atoms with Gasteiger partial charge < -0.3 is 15.1 Å². The van der Waals surface area contributed by atoms with Crippen molar-refractivity contribution in [1.82, 2.24) is 9.88 Å². The maximum Gasteiger partial charge on any atom is 0.417 e. The Balaban J connectivity index is 1.53. The van der Waals surface area contributed by atoms with Gasteiger partial charge in [0.05, 0.1) is 11.6 Å². The third kappa shape index (κ3) is 2.99.